The summed E-state index contributed by atoms with van der Waals surface area (Å²) < 4.78 is 0. The second-order valence-electron chi connectivity index (χ2n) is 14.1. The smallest absolute Gasteiger partial charge is 0.0159 e. The van der Waals surface area contributed by atoms with Gasteiger partial charge in [-0.05, 0) is 117 Å². The molecule has 230 valence electrons. The third-order valence-corrected chi connectivity index (χ3v) is 11.1. The first-order valence-corrected chi connectivity index (χ1v) is 17.3. The molecule has 1 aliphatic carbocycles. The van der Waals surface area contributed by atoms with E-state index in [9.17, 15) is 0 Å². The second kappa shape index (κ2) is 10.5. The molecule has 0 saturated heterocycles. The summed E-state index contributed by atoms with van der Waals surface area (Å²) in [6.07, 6.45) is 0. The zero-order valence-electron chi connectivity index (χ0n) is 27.7. The van der Waals surface area contributed by atoms with Gasteiger partial charge >= 0.3 is 0 Å². The monoisotopic (exact) mass is 622 g/mol. The van der Waals surface area contributed by atoms with Crippen LogP contribution in [0.2, 0.25) is 0 Å². The lowest BCUT2D eigenvalue weighted by atomic mass is 9.80. The van der Waals surface area contributed by atoms with Crippen LogP contribution in [-0.2, 0) is 5.41 Å². The molecule has 0 unspecified atom stereocenters. The Morgan fingerprint density at radius 2 is 0.735 bits per heavy atom. The van der Waals surface area contributed by atoms with Gasteiger partial charge in [0.25, 0.3) is 0 Å². The lowest BCUT2D eigenvalue weighted by Gasteiger charge is -2.23. The molecule has 0 spiro atoms. The molecule has 1 aliphatic rings. The van der Waals surface area contributed by atoms with Crippen LogP contribution in [-0.4, -0.2) is 0 Å². The number of rotatable bonds is 3. The number of benzene rings is 9. The summed E-state index contributed by atoms with van der Waals surface area (Å²) in [5.74, 6) is 0. The summed E-state index contributed by atoms with van der Waals surface area (Å²) in [6, 6.07) is 63.2. The molecule has 9 aromatic carbocycles. The molecule has 0 fully saturated rings. The molecule has 0 aliphatic heterocycles. The minimum Gasteiger partial charge on any atom is -0.0616 e. The fourth-order valence-corrected chi connectivity index (χ4v) is 8.62. The zero-order valence-corrected chi connectivity index (χ0v) is 27.7. The molecule has 0 heterocycles. The van der Waals surface area contributed by atoms with Gasteiger partial charge in [-0.15, -0.1) is 0 Å². The van der Waals surface area contributed by atoms with Gasteiger partial charge in [0.15, 0.2) is 0 Å². The fraction of sp³-hybridized carbons (Fsp3) is 0.0612. The van der Waals surface area contributed by atoms with Crippen molar-refractivity contribution in [3.8, 4) is 44.5 Å². The summed E-state index contributed by atoms with van der Waals surface area (Å²) in [5, 5.41) is 10.3. The SMILES string of the molecule is CC1(C)c2cc(-c3cccc4ccccc34)ccc2-c2ccc(-c3cccc4c(-c5cc6ccccc6c6ccccc56)cccc34)cc21. The molecule has 0 bridgehead atoms. The van der Waals surface area contributed by atoms with E-state index in [1.807, 2.05) is 0 Å². The summed E-state index contributed by atoms with van der Waals surface area (Å²) >= 11 is 0. The molecule has 0 aromatic heterocycles. The first-order chi connectivity index (χ1) is 24.1. The van der Waals surface area contributed by atoms with Crippen molar-refractivity contribution >= 4 is 43.1 Å². The Kier molecular flexibility index (Phi) is 6.02. The number of hydrogen-bond acceptors (Lipinski definition) is 0. The van der Waals surface area contributed by atoms with Crippen molar-refractivity contribution in [2.45, 2.75) is 19.3 Å². The number of hydrogen-bond donors (Lipinski definition) is 0. The average Bonchev–Trinajstić information content (AvgIpc) is 3.38. The van der Waals surface area contributed by atoms with E-state index in [1.54, 1.807) is 0 Å². The quantitative estimate of drug-likeness (QED) is 0.172. The summed E-state index contributed by atoms with van der Waals surface area (Å²) in [6.45, 7) is 4.78. The molecule has 10 rings (SSSR count). The van der Waals surface area contributed by atoms with Gasteiger partial charge in [-0.1, -0.05) is 166 Å². The van der Waals surface area contributed by atoms with Crippen LogP contribution < -0.4 is 0 Å². The normalized spacial score (nSPS) is 13.3. The Bertz CT molecular complexity index is 2790. The molecule has 0 radical (unpaired) electrons. The van der Waals surface area contributed by atoms with Crippen LogP contribution in [0.15, 0.2) is 170 Å². The number of fused-ring (bicyclic) bond motifs is 8. The highest BCUT2D eigenvalue weighted by Crippen LogP contribution is 2.51. The van der Waals surface area contributed by atoms with E-state index in [0.717, 1.165) is 0 Å². The predicted octanol–water partition coefficient (Wildman–Crippen LogP) is 13.6. The van der Waals surface area contributed by atoms with Crippen molar-refractivity contribution < 1.29 is 0 Å². The molecule has 0 saturated carbocycles. The van der Waals surface area contributed by atoms with Gasteiger partial charge in [0.1, 0.15) is 0 Å². The van der Waals surface area contributed by atoms with Gasteiger partial charge in [-0.3, -0.25) is 0 Å². The second-order valence-corrected chi connectivity index (χ2v) is 14.1. The van der Waals surface area contributed by atoms with Crippen molar-refractivity contribution in [3.63, 3.8) is 0 Å². The maximum absolute atomic E-state index is 2.46. The molecule has 49 heavy (non-hydrogen) atoms. The van der Waals surface area contributed by atoms with Crippen LogP contribution in [0.4, 0.5) is 0 Å². The third-order valence-electron chi connectivity index (χ3n) is 11.1. The van der Waals surface area contributed by atoms with Gasteiger partial charge in [0.05, 0.1) is 0 Å². The van der Waals surface area contributed by atoms with Crippen LogP contribution in [0.25, 0.3) is 87.6 Å². The topological polar surface area (TPSA) is 0 Å². The van der Waals surface area contributed by atoms with Crippen LogP contribution in [0.3, 0.4) is 0 Å². The van der Waals surface area contributed by atoms with E-state index < -0.39 is 0 Å². The van der Waals surface area contributed by atoms with Crippen molar-refractivity contribution in [3.05, 3.63) is 181 Å². The lowest BCUT2D eigenvalue weighted by Crippen LogP contribution is -2.15. The van der Waals surface area contributed by atoms with Crippen LogP contribution in [0.5, 0.6) is 0 Å². The minimum atomic E-state index is -0.124. The molecule has 0 heteroatoms. The van der Waals surface area contributed by atoms with E-state index in [1.165, 1.54) is 98.7 Å². The highest BCUT2D eigenvalue weighted by Gasteiger charge is 2.36. The van der Waals surface area contributed by atoms with Gasteiger partial charge in [0.2, 0.25) is 0 Å². The van der Waals surface area contributed by atoms with Gasteiger partial charge in [0, 0.05) is 5.41 Å². The van der Waals surface area contributed by atoms with Gasteiger partial charge < -0.3 is 0 Å². The maximum Gasteiger partial charge on any atom is 0.0159 e. The highest BCUT2D eigenvalue weighted by molar-refractivity contribution is 6.17. The van der Waals surface area contributed by atoms with E-state index in [2.05, 4.69) is 184 Å². The standard InChI is InChI=1S/C49H34/c1-49(2)47-29-33(36-19-9-14-31-12-3-5-15-35(31)36)24-26-44(47)45-27-25-34(30-48(45)49)38-20-10-22-41-40(38)21-11-23-43(41)46-28-32-13-4-6-16-37(32)39-17-7-8-18-42(39)46/h3-30H,1-2H3. The Balaban J connectivity index is 1.11. The van der Waals surface area contributed by atoms with Crippen LogP contribution >= 0.6 is 0 Å². The molecule has 9 aromatic rings. The van der Waals surface area contributed by atoms with E-state index in [4.69, 9.17) is 0 Å². The van der Waals surface area contributed by atoms with E-state index in [-0.39, 0.29) is 5.41 Å². The molecule has 0 atom stereocenters. The average molecular weight is 623 g/mol. The van der Waals surface area contributed by atoms with Gasteiger partial charge in [-0.2, -0.15) is 0 Å². The molecule has 0 nitrogen and oxygen atoms in total. The minimum absolute atomic E-state index is 0.124. The molecular weight excluding hydrogens is 589 g/mol. The molecule has 0 N–H and O–H groups in total. The largest absolute Gasteiger partial charge is 0.0616 e. The van der Waals surface area contributed by atoms with E-state index >= 15 is 0 Å². The Morgan fingerprint density at radius 1 is 0.286 bits per heavy atom. The summed E-state index contributed by atoms with van der Waals surface area (Å²) in [7, 11) is 0. The lowest BCUT2D eigenvalue weighted by molar-refractivity contribution is 0.661. The van der Waals surface area contributed by atoms with Crippen molar-refractivity contribution in [2.24, 2.45) is 0 Å². The van der Waals surface area contributed by atoms with Crippen LogP contribution in [0.1, 0.15) is 25.0 Å². The fourth-order valence-electron chi connectivity index (χ4n) is 8.62. The molecule has 0 amide bonds. The highest BCUT2D eigenvalue weighted by atomic mass is 14.4. The Labute approximate surface area is 286 Å². The van der Waals surface area contributed by atoms with Crippen molar-refractivity contribution in [1.29, 1.82) is 0 Å². The summed E-state index contributed by atoms with van der Waals surface area (Å²) in [5.41, 5.74) is 13.0. The van der Waals surface area contributed by atoms with Crippen molar-refractivity contribution in [2.75, 3.05) is 0 Å². The van der Waals surface area contributed by atoms with Gasteiger partial charge in [-0.25, -0.2) is 0 Å². The first kappa shape index (κ1) is 28.1. The van der Waals surface area contributed by atoms with Crippen LogP contribution in [0, 0.1) is 0 Å². The van der Waals surface area contributed by atoms with E-state index in [0.29, 0.717) is 0 Å². The zero-order chi connectivity index (χ0) is 32.7. The Hall–Kier alpha value is -5.98. The predicted molar refractivity (Wildman–Crippen MR) is 210 cm³/mol. The maximum atomic E-state index is 2.46. The third kappa shape index (κ3) is 4.17. The first-order valence-electron chi connectivity index (χ1n) is 17.3. The summed E-state index contributed by atoms with van der Waals surface area (Å²) in [4.78, 5) is 0. The Morgan fingerprint density at radius 3 is 1.43 bits per heavy atom. The molecular formula is C49H34. The van der Waals surface area contributed by atoms with Crippen molar-refractivity contribution in [1.82, 2.24) is 0 Å².